The lowest BCUT2D eigenvalue weighted by Crippen LogP contribution is -2.17. The van der Waals surface area contributed by atoms with Crippen molar-refractivity contribution >= 4 is 0 Å². The first-order valence-corrected chi connectivity index (χ1v) is 3.90. The summed E-state index contributed by atoms with van der Waals surface area (Å²) < 4.78 is 12.7. The summed E-state index contributed by atoms with van der Waals surface area (Å²) in [6.07, 6.45) is 2.31. The van der Waals surface area contributed by atoms with Gasteiger partial charge in [0.15, 0.2) is 0 Å². The van der Waals surface area contributed by atoms with Crippen LogP contribution in [-0.2, 0) is 0 Å². The van der Waals surface area contributed by atoms with Crippen LogP contribution in [0.4, 0.5) is 4.39 Å². The van der Waals surface area contributed by atoms with E-state index in [1.807, 2.05) is 0 Å². The number of hydrogen-bond donors (Lipinski definition) is 1. The topological polar surface area (TPSA) is 12.0 Å². The molecular weight excluding hydrogens is 141 g/mol. The zero-order chi connectivity index (χ0) is 8.69. The highest BCUT2D eigenvalue weighted by molar-refractivity contribution is 5.16. The molecule has 1 nitrogen and oxygen atoms in total. The molecule has 0 radical (unpaired) electrons. The van der Waals surface area contributed by atoms with Crippen LogP contribution in [0.2, 0.25) is 0 Å². The Labute approximate surface area is 68.0 Å². The van der Waals surface area contributed by atoms with Gasteiger partial charge in [0, 0.05) is 6.54 Å². The molecule has 0 aliphatic carbocycles. The first kappa shape index (κ1) is 10.4. The average Bonchev–Trinajstić information content (AvgIpc) is 2.03. The van der Waals surface area contributed by atoms with Gasteiger partial charge in [0.25, 0.3) is 0 Å². The average molecular weight is 157 g/mol. The van der Waals surface area contributed by atoms with Gasteiger partial charge in [-0.15, -0.1) is 0 Å². The fraction of sp³-hybridized carbons (Fsp3) is 0.556. The molecule has 0 spiro atoms. The van der Waals surface area contributed by atoms with Crippen molar-refractivity contribution in [1.29, 1.82) is 0 Å². The summed E-state index contributed by atoms with van der Waals surface area (Å²) in [6.45, 7) is 8.74. The van der Waals surface area contributed by atoms with E-state index >= 15 is 0 Å². The van der Waals surface area contributed by atoms with Gasteiger partial charge in [0.2, 0.25) is 0 Å². The standard InChI is InChI=1S/C9H16FN/c1-4-6-11-7-8(3)9(10)5-2/h5,11H,2,4,6-7H2,1,3H3/b9-8-. The second kappa shape index (κ2) is 6.10. The van der Waals surface area contributed by atoms with Crippen LogP contribution in [-0.4, -0.2) is 13.1 Å². The molecule has 0 fully saturated rings. The van der Waals surface area contributed by atoms with E-state index in [0.29, 0.717) is 12.1 Å². The molecule has 0 aromatic heterocycles. The van der Waals surface area contributed by atoms with Crippen molar-refractivity contribution < 1.29 is 4.39 Å². The minimum atomic E-state index is -0.214. The predicted molar refractivity (Wildman–Crippen MR) is 47.2 cm³/mol. The normalized spacial score (nSPS) is 12.6. The second-order valence-electron chi connectivity index (χ2n) is 2.51. The van der Waals surface area contributed by atoms with E-state index in [0.717, 1.165) is 13.0 Å². The largest absolute Gasteiger partial charge is 0.313 e. The summed E-state index contributed by atoms with van der Waals surface area (Å²) in [7, 11) is 0. The van der Waals surface area contributed by atoms with Crippen molar-refractivity contribution in [3.05, 3.63) is 24.1 Å². The molecule has 0 aromatic rings. The molecule has 0 bridgehead atoms. The lowest BCUT2D eigenvalue weighted by Gasteiger charge is -2.02. The van der Waals surface area contributed by atoms with E-state index in [9.17, 15) is 4.39 Å². The first-order valence-electron chi connectivity index (χ1n) is 3.90. The SMILES string of the molecule is C=C/C(F)=C(\C)CNCCC. The van der Waals surface area contributed by atoms with Gasteiger partial charge in [-0.3, -0.25) is 0 Å². The lowest BCUT2D eigenvalue weighted by atomic mass is 10.2. The molecule has 0 amide bonds. The minimum Gasteiger partial charge on any atom is -0.313 e. The number of allylic oxidation sites excluding steroid dienone is 2. The van der Waals surface area contributed by atoms with Crippen LogP contribution in [0.15, 0.2) is 24.1 Å². The van der Waals surface area contributed by atoms with Crippen LogP contribution in [0, 0.1) is 0 Å². The number of nitrogens with one attached hydrogen (secondary N) is 1. The smallest absolute Gasteiger partial charge is 0.122 e. The summed E-state index contributed by atoms with van der Waals surface area (Å²) in [5, 5.41) is 3.10. The van der Waals surface area contributed by atoms with Gasteiger partial charge >= 0.3 is 0 Å². The zero-order valence-electron chi connectivity index (χ0n) is 7.28. The molecule has 0 saturated heterocycles. The van der Waals surface area contributed by atoms with E-state index in [-0.39, 0.29) is 5.83 Å². The number of rotatable bonds is 5. The van der Waals surface area contributed by atoms with Crippen molar-refractivity contribution in [3.63, 3.8) is 0 Å². The Balaban J connectivity index is 3.67. The van der Waals surface area contributed by atoms with Gasteiger partial charge in [0.05, 0.1) is 0 Å². The Hall–Kier alpha value is -0.630. The third kappa shape index (κ3) is 4.73. The fourth-order valence-corrected chi connectivity index (χ4v) is 0.711. The maximum absolute atomic E-state index is 12.7. The van der Waals surface area contributed by atoms with Crippen molar-refractivity contribution in [2.75, 3.05) is 13.1 Å². The minimum absolute atomic E-state index is 0.214. The van der Waals surface area contributed by atoms with Crippen LogP contribution in [0.1, 0.15) is 20.3 Å². The Morgan fingerprint density at radius 3 is 2.73 bits per heavy atom. The summed E-state index contributed by atoms with van der Waals surface area (Å²) in [5.74, 6) is -0.214. The number of halogens is 1. The summed E-state index contributed by atoms with van der Waals surface area (Å²) in [4.78, 5) is 0. The van der Waals surface area contributed by atoms with Crippen molar-refractivity contribution in [2.45, 2.75) is 20.3 Å². The van der Waals surface area contributed by atoms with E-state index in [4.69, 9.17) is 0 Å². The zero-order valence-corrected chi connectivity index (χ0v) is 7.28. The van der Waals surface area contributed by atoms with E-state index in [1.54, 1.807) is 6.92 Å². The van der Waals surface area contributed by atoms with Crippen LogP contribution in [0.25, 0.3) is 0 Å². The highest BCUT2D eigenvalue weighted by Gasteiger charge is 1.94. The molecule has 0 aliphatic rings. The van der Waals surface area contributed by atoms with Crippen LogP contribution in [0.5, 0.6) is 0 Å². The molecule has 0 aromatic carbocycles. The van der Waals surface area contributed by atoms with Crippen molar-refractivity contribution in [2.24, 2.45) is 0 Å². The van der Waals surface area contributed by atoms with E-state index in [2.05, 4.69) is 18.8 Å². The maximum Gasteiger partial charge on any atom is 0.122 e. The number of hydrogen-bond acceptors (Lipinski definition) is 1. The lowest BCUT2D eigenvalue weighted by molar-refractivity contribution is 0.633. The Kier molecular flexibility index (Phi) is 5.75. The highest BCUT2D eigenvalue weighted by Crippen LogP contribution is 2.04. The molecule has 1 N–H and O–H groups in total. The molecule has 0 saturated carbocycles. The van der Waals surface area contributed by atoms with Gasteiger partial charge in [-0.25, -0.2) is 4.39 Å². The Morgan fingerprint density at radius 2 is 2.27 bits per heavy atom. The van der Waals surface area contributed by atoms with Crippen molar-refractivity contribution in [3.8, 4) is 0 Å². The summed E-state index contributed by atoms with van der Waals surface area (Å²) in [5.41, 5.74) is 0.716. The molecule has 11 heavy (non-hydrogen) atoms. The summed E-state index contributed by atoms with van der Waals surface area (Å²) in [6, 6.07) is 0. The Morgan fingerprint density at radius 1 is 1.64 bits per heavy atom. The molecular formula is C9H16FN. The third-order valence-electron chi connectivity index (χ3n) is 1.40. The highest BCUT2D eigenvalue weighted by atomic mass is 19.1. The fourth-order valence-electron chi connectivity index (χ4n) is 0.711. The van der Waals surface area contributed by atoms with Gasteiger partial charge in [-0.05, 0) is 31.5 Å². The molecule has 2 heteroatoms. The third-order valence-corrected chi connectivity index (χ3v) is 1.40. The van der Waals surface area contributed by atoms with Crippen molar-refractivity contribution in [1.82, 2.24) is 5.32 Å². The monoisotopic (exact) mass is 157 g/mol. The molecule has 0 unspecified atom stereocenters. The summed E-state index contributed by atoms with van der Waals surface area (Å²) >= 11 is 0. The van der Waals surface area contributed by atoms with Gasteiger partial charge in [0.1, 0.15) is 5.83 Å². The maximum atomic E-state index is 12.7. The quantitative estimate of drug-likeness (QED) is 0.477. The first-order chi connectivity index (χ1) is 5.22. The molecule has 64 valence electrons. The second-order valence-corrected chi connectivity index (χ2v) is 2.51. The van der Waals surface area contributed by atoms with Gasteiger partial charge in [-0.2, -0.15) is 0 Å². The molecule has 0 heterocycles. The predicted octanol–water partition coefficient (Wildman–Crippen LogP) is 2.42. The van der Waals surface area contributed by atoms with Gasteiger partial charge in [-0.1, -0.05) is 13.5 Å². The van der Waals surface area contributed by atoms with Crippen LogP contribution >= 0.6 is 0 Å². The Bertz CT molecular complexity index is 150. The van der Waals surface area contributed by atoms with Crippen LogP contribution in [0.3, 0.4) is 0 Å². The molecule has 0 rings (SSSR count). The van der Waals surface area contributed by atoms with E-state index < -0.39 is 0 Å². The van der Waals surface area contributed by atoms with Gasteiger partial charge < -0.3 is 5.32 Å². The van der Waals surface area contributed by atoms with E-state index in [1.165, 1.54) is 6.08 Å². The van der Waals surface area contributed by atoms with Crippen LogP contribution < -0.4 is 5.32 Å². The molecule has 0 aliphatic heterocycles. The molecule has 0 atom stereocenters.